The van der Waals surface area contributed by atoms with Crippen LogP contribution in [0.4, 0.5) is 0 Å². The lowest BCUT2D eigenvalue weighted by molar-refractivity contribution is -0.0459. The Balaban J connectivity index is 2.34. The van der Waals surface area contributed by atoms with Crippen molar-refractivity contribution in [1.82, 2.24) is 9.55 Å². The first-order valence-corrected chi connectivity index (χ1v) is 5.70. The third-order valence-corrected chi connectivity index (χ3v) is 3.26. The molecule has 17 heavy (non-hydrogen) atoms. The molecule has 1 saturated heterocycles. The molecule has 1 aromatic heterocycles. The third kappa shape index (κ3) is 2.32. The Morgan fingerprint density at radius 3 is 3.00 bits per heavy atom. The van der Waals surface area contributed by atoms with Crippen LogP contribution in [-0.2, 0) is 4.74 Å². The molecule has 2 heterocycles. The summed E-state index contributed by atoms with van der Waals surface area (Å²) in [4.78, 5) is 14.2. The number of nitrogens with zero attached hydrogens (tertiary/aromatic N) is 1. The van der Waals surface area contributed by atoms with Crippen LogP contribution >= 0.6 is 12.2 Å². The molecule has 3 N–H and O–H groups in total. The number of hydrogen-bond donors (Lipinski definition) is 3. The number of ether oxygens (including phenoxy) is 1. The third-order valence-electron chi connectivity index (χ3n) is 2.84. The standard InChI is InChI=1S/C10H14N2O4S/c1-5-3-12(10(15)11-9(5)17)8-2-6(14)7(4-13)16-8/h3,6-8,13-14H,2,4H2,1H3,(H,11,15,17)/t6-,7-,8+/m1/s1. The Kier molecular flexibility index (Phi) is 3.43. The fourth-order valence-electron chi connectivity index (χ4n) is 1.85. The predicted octanol–water partition coefficient (Wildman–Crippen LogP) is -0.145. The molecule has 1 aliphatic heterocycles. The van der Waals surface area contributed by atoms with E-state index in [1.54, 1.807) is 13.1 Å². The van der Waals surface area contributed by atoms with Crippen molar-refractivity contribution in [2.75, 3.05) is 6.61 Å². The number of hydrogen-bond acceptors (Lipinski definition) is 5. The summed E-state index contributed by atoms with van der Waals surface area (Å²) >= 11 is 4.95. The number of aromatic amines is 1. The lowest BCUT2D eigenvalue weighted by Crippen LogP contribution is -2.28. The Bertz CT molecular complexity index is 524. The molecular formula is C10H14N2O4S. The minimum absolute atomic E-state index is 0.270. The summed E-state index contributed by atoms with van der Waals surface area (Å²) in [5.74, 6) is 0. The van der Waals surface area contributed by atoms with Gasteiger partial charge in [-0.2, -0.15) is 0 Å². The summed E-state index contributed by atoms with van der Waals surface area (Å²) in [6.45, 7) is 1.51. The summed E-state index contributed by atoms with van der Waals surface area (Å²) in [6.07, 6.45) is -0.107. The van der Waals surface area contributed by atoms with Crippen molar-refractivity contribution in [3.05, 3.63) is 26.9 Å². The van der Waals surface area contributed by atoms with Crippen LogP contribution in [0.5, 0.6) is 0 Å². The second kappa shape index (κ2) is 4.69. The number of aryl methyl sites for hydroxylation is 1. The SMILES string of the molecule is Cc1cn([C@@H]2C[C@@H](O)[C@@H](CO)O2)c(=O)[nH]c1=S. The van der Waals surface area contributed by atoms with Crippen molar-refractivity contribution in [3.63, 3.8) is 0 Å². The number of aliphatic hydroxyl groups is 2. The molecule has 1 fully saturated rings. The van der Waals surface area contributed by atoms with E-state index < -0.39 is 18.4 Å². The Morgan fingerprint density at radius 2 is 2.41 bits per heavy atom. The van der Waals surface area contributed by atoms with Crippen molar-refractivity contribution in [2.24, 2.45) is 0 Å². The van der Waals surface area contributed by atoms with Crippen molar-refractivity contribution >= 4 is 12.2 Å². The largest absolute Gasteiger partial charge is 0.394 e. The zero-order valence-electron chi connectivity index (χ0n) is 9.29. The number of rotatable bonds is 2. The second-order valence-electron chi connectivity index (χ2n) is 4.09. The highest BCUT2D eigenvalue weighted by atomic mass is 32.1. The van der Waals surface area contributed by atoms with Gasteiger partial charge in [-0.05, 0) is 6.92 Å². The molecule has 0 spiro atoms. The van der Waals surface area contributed by atoms with Gasteiger partial charge in [0.2, 0.25) is 0 Å². The molecule has 6 nitrogen and oxygen atoms in total. The van der Waals surface area contributed by atoms with Crippen molar-refractivity contribution in [2.45, 2.75) is 31.8 Å². The van der Waals surface area contributed by atoms with Gasteiger partial charge in [0, 0.05) is 18.2 Å². The van der Waals surface area contributed by atoms with Crippen molar-refractivity contribution < 1.29 is 14.9 Å². The number of H-pyrrole nitrogens is 1. The zero-order valence-corrected chi connectivity index (χ0v) is 10.1. The Hall–Kier alpha value is -1.02. The Labute approximate surface area is 102 Å². The maximum atomic E-state index is 11.7. The molecular weight excluding hydrogens is 244 g/mol. The molecule has 0 radical (unpaired) electrons. The van der Waals surface area contributed by atoms with E-state index >= 15 is 0 Å². The summed E-state index contributed by atoms with van der Waals surface area (Å²) < 4.78 is 7.14. The first-order valence-electron chi connectivity index (χ1n) is 5.29. The average molecular weight is 258 g/mol. The molecule has 0 amide bonds. The van der Waals surface area contributed by atoms with E-state index in [-0.39, 0.29) is 18.7 Å². The maximum Gasteiger partial charge on any atom is 0.328 e. The van der Waals surface area contributed by atoms with Gasteiger partial charge in [-0.3, -0.25) is 9.55 Å². The molecule has 3 atom stereocenters. The minimum atomic E-state index is -0.764. The summed E-state index contributed by atoms with van der Waals surface area (Å²) in [5, 5.41) is 18.6. The highest BCUT2D eigenvalue weighted by molar-refractivity contribution is 7.71. The van der Waals surface area contributed by atoms with E-state index in [0.717, 1.165) is 5.56 Å². The fourth-order valence-corrected chi connectivity index (χ4v) is 1.99. The quantitative estimate of drug-likeness (QED) is 0.642. The van der Waals surface area contributed by atoms with Gasteiger partial charge in [0.1, 0.15) is 17.0 Å². The highest BCUT2D eigenvalue weighted by Crippen LogP contribution is 2.27. The van der Waals surface area contributed by atoms with E-state index in [1.807, 2.05) is 0 Å². The Morgan fingerprint density at radius 1 is 1.71 bits per heavy atom. The summed E-state index contributed by atoms with van der Waals surface area (Å²) in [7, 11) is 0. The van der Waals surface area contributed by atoms with Crippen molar-refractivity contribution in [1.29, 1.82) is 0 Å². The number of nitrogens with one attached hydrogen (secondary N) is 1. The molecule has 94 valence electrons. The molecule has 1 aromatic rings. The fraction of sp³-hybridized carbons (Fsp3) is 0.600. The van der Waals surface area contributed by atoms with Crippen LogP contribution < -0.4 is 5.69 Å². The zero-order chi connectivity index (χ0) is 12.6. The van der Waals surface area contributed by atoms with Crippen molar-refractivity contribution in [3.8, 4) is 0 Å². The van der Waals surface area contributed by atoms with Crippen LogP contribution in [0.15, 0.2) is 11.0 Å². The average Bonchev–Trinajstić information content (AvgIpc) is 2.65. The van der Waals surface area contributed by atoms with Crippen LogP contribution in [0.1, 0.15) is 18.2 Å². The molecule has 2 rings (SSSR count). The van der Waals surface area contributed by atoms with Gasteiger partial charge >= 0.3 is 5.69 Å². The maximum absolute atomic E-state index is 11.7. The number of aliphatic hydroxyl groups excluding tert-OH is 2. The molecule has 0 bridgehead atoms. The smallest absolute Gasteiger partial charge is 0.328 e. The topological polar surface area (TPSA) is 87.5 Å². The second-order valence-corrected chi connectivity index (χ2v) is 4.50. The molecule has 0 aliphatic carbocycles. The normalized spacial score (nSPS) is 28.5. The van der Waals surface area contributed by atoms with E-state index in [1.165, 1.54) is 4.57 Å². The van der Waals surface area contributed by atoms with E-state index in [9.17, 15) is 9.90 Å². The molecule has 0 unspecified atom stereocenters. The number of aromatic nitrogens is 2. The van der Waals surface area contributed by atoms with Gasteiger partial charge in [-0.25, -0.2) is 4.79 Å². The van der Waals surface area contributed by atoms with Gasteiger partial charge in [0.05, 0.1) is 12.7 Å². The molecule has 7 heteroatoms. The van der Waals surface area contributed by atoms with Gasteiger partial charge in [0.25, 0.3) is 0 Å². The highest BCUT2D eigenvalue weighted by Gasteiger charge is 2.34. The van der Waals surface area contributed by atoms with E-state index in [2.05, 4.69) is 4.98 Å². The summed E-state index contributed by atoms with van der Waals surface area (Å²) in [5.41, 5.74) is 0.376. The molecule has 0 saturated carbocycles. The van der Waals surface area contributed by atoms with Gasteiger partial charge in [-0.15, -0.1) is 0 Å². The monoisotopic (exact) mass is 258 g/mol. The first-order chi connectivity index (χ1) is 8.02. The van der Waals surface area contributed by atoms with E-state index in [4.69, 9.17) is 22.1 Å². The first kappa shape index (κ1) is 12.4. The lowest BCUT2D eigenvalue weighted by Gasteiger charge is -2.14. The molecule has 0 aromatic carbocycles. The summed E-state index contributed by atoms with van der Waals surface area (Å²) in [6, 6.07) is 0. The van der Waals surface area contributed by atoms with Crippen LogP contribution in [0.3, 0.4) is 0 Å². The molecule has 1 aliphatic rings. The van der Waals surface area contributed by atoms with Crippen LogP contribution in [0, 0.1) is 11.6 Å². The lowest BCUT2D eigenvalue weighted by atomic mass is 10.2. The van der Waals surface area contributed by atoms with Gasteiger partial charge in [0.15, 0.2) is 0 Å². The minimum Gasteiger partial charge on any atom is -0.394 e. The van der Waals surface area contributed by atoms with Gasteiger partial charge in [-0.1, -0.05) is 12.2 Å². The van der Waals surface area contributed by atoms with E-state index in [0.29, 0.717) is 4.64 Å². The van der Waals surface area contributed by atoms with Crippen LogP contribution in [0.25, 0.3) is 0 Å². The van der Waals surface area contributed by atoms with Gasteiger partial charge < -0.3 is 14.9 Å². The predicted molar refractivity (Wildman–Crippen MR) is 62.2 cm³/mol. The van der Waals surface area contributed by atoms with Crippen LogP contribution in [-0.4, -0.2) is 38.6 Å². The van der Waals surface area contributed by atoms with Crippen LogP contribution in [0.2, 0.25) is 0 Å².